The van der Waals surface area contributed by atoms with Crippen molar-refractivity contribution < 1.29 is 8.78 Å². The largest absolute Gasteiger partial charge is 0.280 e. The first-order valence-electron chi connectivity index (χ1n) is 3.47. The van der Waals surface area contributed by atoms with Gasteiger partial charge in [-0.2, -0.15) is 5.10 Å². The van der Waals surface area contributed by atoms with Gasteiger partial charge in [0.1, 0.15) is 5.69 Å². The van der Waals surface area contributed by atoms with Gasteiger partial charge in [-0.05, 0) is 19.9 Å². The molecule has 0 unspecified atom stereocenters. The standard InChI is InChI=1S/C7H10F2N2/c1-3-11-6(7(8)9)4-5(2)10-11/h4,7H,3H2,1-2H3. The van der Waals surface area contributed by atoms with Crippen LogP contribution in [0.15, 0.2) is 6.07 Å². The first kappa shape index (κ1) is 8.17. The van der Waals surface area contributed by atoms with E-state index >= 15 is 0 Å². The Balaban J connectivity index is 3.02. The number of alkyl halides is 2. The molecule has 1 aromatic heterocycles. The van der Waals surface area contributed by atoms with E-state index < -0.39 is 6.43 Å². The Kier molecular flexibility index (Phi) is 2.22. The van der Waals surface area contributed by atoms with Crippen molar-refractivity contribution in [2.75, 3.05) is 0 Å². The van der Waals surface area contributed by atoms with Crippen molar-refractivity contribution in [2.24, 2.45) is 0 Å². The normalized spacial score (nSPS) is 11.0. The zero-order chi connectivity index (χ0) is 8.43. The van der Waals surface area contributed by atoms with Crippen LogP contribution in [0.1, 0.15) is 24.7 Å². The lowest BCUT2D eigenvalue weighted by molar-refractivity contribution is 0.139. The van der Waals surface area contributed by atoms with E-state index in [1.165, 1.54) is 10.7 Å². The Hall–Kier alpha value is -0.930. The number of aromatic nitrogens is 2. The van der Waals surface area contributed by atoms with Crippen LogP contribution in [0, 0.1) is 6.92 Å². The average Bonchev–Trinajstić information content (AvgIpc) is 2.30. The van der Waals surface area contributed by atoms with E-state index in [2.05, 4.69) is 5.10 Å². The van der Waals surface area contributed by atoms with Crippen molar-refractivity contribution in [1.82, 2.24) is 9.78 Å². The molecule has 2 nitrogen and oxygen atoms in total. The molecular weight excluding hydrogens is 150 g/mol. The van der Waals surface area contributed by atoms with Crippen LogP contribution in [0.5, 0.6) is 0 Å². The molecule has 0 atom stereocenters. The predicted molar refractivity (Wildman–Crippen MR) is 37.6 cm³/mol. The maximum atomic E-state index is 12.2. The molecule has 0 saturated heterocycles. The van der Waals surface area contributed by atoms with Crippen molar-refractivity contribution >= 4 is 0 Å². The minimum Gasteiger partial charge on any atom is -0.264 e. The Morgan fingerprint density at radius 3 is 2.64 bits per heavy atom. The quantitative estimate of drug-likeness (QED) is 0.648. The summed E-state index contributed by atoms with van der Waals surface area (Å²) in [6.45, 7) is 3.99. The number of hydrogen-bond acceptors (Lipinski definition) is 1. The molecule has 0 bridgehead atoms. The molecule has 0 aliphatic heterocycles. The van der Waals surface area contributed by atoms with Crippen LogP contribution in [0.25, 0.3) is 0 Å². The third-order valence-electron chi connectivity index (χ3n) is 1.46. The van der Waals surface area contributed by atoms with Crippen LogP contribution in [0.3, 0.4) is 0 Å². The molecule has 0 fully saturated rings. The molecule has 0 N–H and O–H groups in total. The minimum absolute atomic E-state index is 0.00463. The first-order chi connectivity index (χ1) is 5.15. The summed E-state index contributed by atoms with van der Waals surface area (Å²) in [6.07, 6.45) is -2.42. The van der Waals surface area contributed by atoms with Gasteiger partial charge in [-0.15, -0.1) is 0 Å². The van der Waals surface area contributed by atoms with Crippen LogP contribution in [-0.4, -0.2) is 9.78 Å². The maximum Gasteiger partial charge on any atom is 0.280 e. The first-order valence-corrected chi connectivity index (χ1v) is 3.47. The van der Waals surface area contributed by atoms with E-state index in [0.717, 1.165) is 0 Å². The van der Waals surface area contributed by atoms with E-state index in [1.807, 2.05) is 0 Å². The summed E-state index contributed by atoms with van der Waals surface area (Å²) >= 11 is 0. The number of hydrogen-bond donors (Lipinski definition) is 0. The average molecular weight is 160 g/mol. The second-order valence-electron chi connectivity index (χ2n) is 2.33. The van der Waals surface area contributed by atoms with Crippen LogP contribution in [-0.2, 0) is 6.54 Å². The predicted octanol–water partition coefficient (Wildman–Crippen LogP) is 2.15. The number of halogens is 2. The van der Waals surface area contributed by atoms with Crippen LogP contribution >= 0.6 is 0 Å². The number of nitrogens with zero attached hydrogens (tertiary/aromatic N) is 2. The minimum atomic E-state index is -2.42. The Morgan fingerprint density at radius 1 is 1.64 bits per heavy atom. The Bertz CT molecular complexity index is 243. The van der Waals surface area contributed by atoms with Gasteiger partial charge in [0.15, 0.2) is 0 Å². The highest BCUT2D eigenvalue weighted by Gasteiger charge is 2.13. The molecule has 0 spiro atoms. The smallest absolute Gasteiger partial charge is 0.264 e. The third-order valence-corrected chi connectivity index (χ3v) is 1.46. The van der Waals surface area contributed by atoms with E-state index in [0.29, 0.717) is 12.2 Å². The molecule has 1 aromatic rings. The zero-order valence-corrected chi connectivity index (χ0v) is 6.51. The van der Waals surface area contributed by atoms with E-state index in [1.54, 1.807) is 13.8 Å². The van der Waals surface area contributed by atoms with Crippen LogP contribution in [0.4, 0.5) is 8.78 Å². The van der Waals surface area contributed by atoms with Crippen molar-refractivity contribution in [3.63, 3.8) is 0 Å². The second kappa shape index (κ2) is 2.98. The Morgan fingerprint density at radius 2 is 2.27 bits per heavy atom. The van der Waals surface area contributed by atoms with Gasteiger partial charge in [-0.25, -0.2) is 8.78 Å². The topological polar surface area (TPSA) is 17.8 Å². The van der Waals surface area contributed by atoms with Gasteiger partial charge < -0.3 is 0 Å². The van der Waals surface area contributed by atoms with E-state index in [4.69, 9.17) is 0 Å². The second-order valence-corrected chi connectivity index (χ2v) is 2.33. The highest BCUT2D eigenvalue weighted by molar-refractivity contribution is 5.09. The van der Waals surface area contributed by atoms with Crippen molar-refractivity contribution in [3.05, 3.63) is 17.5 Å². The van der Waals surface area contributed by atoms with E-state index in [9.17, 15) is 8.78 Å². The fourth-order valence-electron chi connectivity index (χ4n) is 0.994. The molecule has 11 heavy (non-hydrogen) atoms. The van der Waals surface area contributed by atoms with Crippen molar-refractivity contribution in [2.45, 2.75) is 26.8 Å². The van der Waals surface area contributed by atoms with Crippen molar-refractivity contribution in [3.8, 4) is 0 Å². The van der Waals surface area contributed by atoms with Gasteiger partial charge in [0.2, 0.25) is 0 Å². The molecule has 4 heteroatoms. The van der Waals surface area contributed by atoms with Gasteiger partial charge in [0.05, 0.1) is 5.69 Å². The lowest BCUT2D eigenvalue weighted by atomic mass is 10.4. The molecule has 0 radical (unpaired) electrons. The Labute approximate surface area is 63.8 Å². The molecule has 1 heterocycles. The molecule has 0 aliphatic rings. The molecule has 1 rings (SSSR count). The summed E-state index contributed by atoms with van der Waals surface area (Å²) in [5.41, 5.74) is 0.646. The number of aryl methyl sites for hydroxylation is 2. The van der Waals surface area contributed by atoms with E-state index in [-0.39, 0.29) is 5.69 Å². The van der Waals surface area contributed by atoms with Gasteiger partial charge in [0.25, 0.3) is 6.43 Å². The molecular formula is C7H10F2N2. The van der Waals surface area contributed by atoms with Gasteiger partial charge in [-0.3, -0.25) is 4.68 Å². The molecule has 0 amide bonds. The fourth-order valence-corrected chi connectivity index (χ4v) is 0.994. The van der Waals surface area contributed by atoms with Gasteiger partial charge >= 0.3 is 0 Å². The van der Waals surface area contributed by atoms with Gasteiger partial charge in [0, 0.05) is 6.54 Å². The highest BCUT2D eigenvalue weighted by Crippen LogP contribution is 2.18. The summed E-state index contributed by atoms with van der Waals surface area (Å²) < 4.78 is 25.7. The summed E-state index contributed by atoms with van der Waals surface area (Å²) in [5.74, 6) is 0. The lowest BCUT2D eigenvalue weighted by Gasteiger charge is -2.01. The monoisotopic (exact) mass is 160 g/mol. The summed E-state index contributed by atoms with van der Waals surface area (Å²) in [6, 6.07) is 1.41. The van der Waals surface area contributed by atoms with Gasteiger partial charge in [-0.1, -0.05) is 0 Å². The molecule has 62 valence electrons. The zero-order valence-electron chi connectivity index (χ0n) is 6.51. The lowest BCUT2D eigenvalue weighted by Crippen LogP contribution is -2.02. The summed E-state index contributed by atoms with van der Waals surface area (Å²) in [5, 5.41) is 3.89. The summed E-state index contributed by atoms with van der Waals surface area (Å²) in [4.78, 5) is 0. The molecule has 0 aliphatic carbocycles. The molecule has 0 saturated carbocycles. The SMILES string of the molecule is CCn1nc(C)cc1C(F)F. The van der Waals surface area contributed by atoms with Crippen LogP contribution in [0.2, 0.25) is 0 Å². The van der Waals surface area contributed by atoms with Crippen LogP contribution < -0.4 is 0 Å². The maximum absolute atomic E-state index is 12.2. The third kappa shape index (κ3) is 1.56. The fraction of sp³-hybridized carbons (Fsp3) is 0.571. The van der Waals surface area contributed by atoms with Crippen molar-refractivity contribution in [1.29, 1.82) is 0 Å². The number of rotatable bonds is 2. The molecule has 0 aromatic carbocycles. The summed E-state index contributed by atoms with van der Waals surface area (Å²) in [7, 11) is 0. The highest BCUT2D eigenvalue weighted by atomic mass is 19.3.